The van der Waals surface area contributed by atoms with Crippen LogP contribution in [0.5, 0.6) is 5.75 Å². The van der Waals surface area contributed by atoms with Gasteiger partial charge < -0.3 is 29.6 Å². The van der Waals surface area contributed by atoms with Crippen LogP contribution in [0.25, 0.3) is 10.9 Å². The number of methoxy groups -OCH3 is 1. The van der Waals surface area contributed by atoms with Gasteiger partial charge in [-0.15, -0.1) is 0 Å². The van der Waals surface area contributed by atoms with Gasteiger partial charge in [-0.3, -0.25) is 4.98 Å². The second-order valence-electron chi connectivity index (χ2n) is 6.63. The molecule has 1 aromatic carbocycles. The summed E-state index contributed by atoms with van der Waals surface area (Å²) in [5, 5.41) is 4.64. The van der Waals surface area contributed by atoms with Gasteiger partial charge in [0, 0.05) is 24.2 Å². The summed E-state index contributed by atoms with van der Waals surface area (Å²) in [5.41, 5.74) is 2.08. The van der Waals surface area contributed by atoms with Gasteiger partial charge in [0.2, 0.25) is 0 Å². The standard InChI is InChI=1S/C20H31N3O.H3O4P/c1-4-23(5-2)14-9-7-6-8-12-21-19-16-18(24-3)15-17-11-10-13-22-20(17)19;1-5(2,3)4/h10-11,13,15-16,21H,4-9,12,14H2,1-3H3;(H3,1,2,3,4). The molecule has 2 rings (SSSR count). The number of nitrogens with one attached hydrogen (secondary N) is 1. The molecule has 1 heterocycles. The van der Waals surface area contributed by atoms with E-state index in [0.29, 0.717) is 0 Å². The Labute approximate surface area is 173 Å². The van der Waals surface area contributed by atoms with Crippen molar-refractivity contribution in [2.75, 3.05) is 38.6 Å². The van der Waals surface area contributed by atoms with Gasteiger partial charge in [0.05, 0.1) is 18.3 Å². The minimum Gasteiger partial charge on any atom is -0.497 e. The fourth-order valence-corrected chi connectivity index (χ4v) is 2.99. The van der Waals surface area contributed by atoms with Crippen LogP contribution in [-0.4, -0.2) is 57.9 Å². The third-order valence-electron chi connectivity index (χ3n) is 4.53. The third kappa shape index (κ3) is 11.2. The molecule has 8 nitrogen and oxygen atoms in total. The monoisotopic (exact) mass is 427 g/mol. The molecular weight excluding hydrogens is 393 g/mol. The largest absolute Gasteiger partial charge is 0.497 e. The van der Waals surface area contributed by atoms with E-state index in [4.69, 9.17) is 24.0 Å². The lowest BCUT2D eigenvalue weighted by Gasteiger charge is -2.17. The van der Waals surface area contributed by atoms with Gasteiger partial charge >= 0.3 is 7.82 Å². The zero-order valence-electron chi connectivity index (χ0n) is 17.5. The van der Waals surface area contributed by atoms with Gasteiger partial charge in [-0.2, -0.15) is 0 Å². The van der Waals surface area contributed by atoms with Crippen LogP contribution in [0.3, 0.4) is 0 Å². The van der Waals surface area contributed by atoms with Gasteiger partial charge in [-0.1, -0.05) is 32.8 Å². The number of ether oxygens (including phenoxy) is 1. The lowest BCUT2D eigenvalue weighted by molar-refractivity contribution is 0.275. The van der Waals surface area contributed by atoms with Crippen molar-refractivity contribution >= 4 is 24.4 Å². The number of hydrogen-bond donors (Lipinski definition) is 4. The maximum absolute atomic E-state index is 8.88. The summed E-state index contributed by atoms with van der Waals surface area (Å²) in [6.45, 7) is 9.00. The van der Waals surface area contributed by atoms with Gasteiger partial charge in [-0.25, -0.2) is 4.57 Å². The van der Waals surface area contributed by atoms with Crippen LogP contribution in [0.2, 0.25) is 0 Å². The van der Waals surface area contributed by atoms with E-state index in [1.54, 1.807) is 7.11 Å². The summed E-state index contributed by atoms with van der Waals surface area (Å²) in [7, 11) is -2.93. The van der Waals surface area contributed by atoms with E-state index in [-0.39, 0.29) is 0 Å². The van der Waals surface area contributed by atoms with E-state index in [9.17, 15) is 0 Å². The number of phosphoric acid groups is 1. The molecule has 0 aliphatic rings. The van der Waals surface area contributed by atoms with Crippen LogP contribution >= 0.6 is 7.82 Å². The van der Waals surface area contributed by atoms with E-state index in [2.05, 4.69) is 35.1 Å². The summed E-state index contributed by atoms with van der Waals surface area (Å²) in [6, 6.07) is 8.10. The Morgan fingerprint density at radius 2 is 1.76 bits per heavy atom. The lowest BCUT2D eigenvalue weighted by atomic mass is 10.1. The zero-order valence-corrected chi connectivity index (χ0v) is 18.4. The van der Waals surface area contributed by atoms with E-state index in [1.807, 2.05) is 24.4 Å². The highest BCUT2D eigenvalue weighted by Gasteiger charge is 2.05. The molecule has 9 heteroatoms. The number of aromatic nitrogens is 1. The average molecular weight is 427 g/mol. The highest BCUT2D eigenvalue weighted by atomic mass is 31.2. The Morgan fingerprint density at radius 3 is 2.38 bits per heavy atom. The number of benzene rings is 1. The molecule has 0 saturated heterocycles. The quantitative estimate of drug-likeness (QED) is 0.317. The molecule has 4 N–H and O–H groups in total. The Balaban J connectivity index is 0.000000749. The molecule has 0 aliphatic carbocycles. The van der Waals surface area contributed by atoms with Crippen molar-refractivity contribution in [3.8, 4) is 5.75 Å². The SMILES string of the molecule is CCN(CC)CCCCCCNc1cc(OC)cc2cccnc12.O=P(O)(O)O. The topological polar surface area (TPSA) is 115 Å². The molecule has 29 heavy (non-hydrogen) atoms. The number of fused-ring (bicyclic) bond motifs is 1. The molecule has 0 amide bonds. The minimum absolute atomic E-state index is 0.872. The Morgan fingerprint density at radius 1 is 1.10 bits per heavy atom. The number of nitrogens with zero attached hydrogens (tertiary/aromatic N) is 2. The number of rotatable bonds is 11. The highest BCUT2D eigenvalue weighted by molar-refractivity contribution is 7.45. The number of pyridine rings is 1. The molecular formula is C20H34N3O5P. The molecule has 0 fully saturated rings. The second kappa shape index (κ2) is 13.5. The number of unbranched alkanes of at least 4 members (excludes halogenated alkanes) is 3. The maximum Gasteiger partial charge on any atom is 0.466 e. The minimum atomic E-state index is -4.64. The summed E-state index contributed by atoms with van der Waals surface area (Å²) in [6.07, 6.45) is 6.89. The first kappa shape index (κ1) is 25.3. The van der Waals surface area contributed by atoms with Crippen LogP contribution in [-0.2, 0) is 4.57 Å². The van der Waals surface area contributed by atoms with Gasteiger partial charge in [0.25, 0.3) is 0 Å². The fraction of sp³-hybridized carbons (Fsp3) is 0.550. The van der Waals surface area contributed by atoms with Crippen molar-refractivity contribution in [3.05, 3.63) is 30.5 Å². The first-order valence-electron chi connectivity index (χ1n) is 9.95. The molecule has 2 aromatic rings. The summed E-state index contributed by atoms with van der Waals surface area (Å²) in [5.74, 6) is 0.872. The summed E-state index contributed by atoms with van der Waals surface area (Å²) < 4.78 is 14.3. The normalized spacial score (nSPS) is 11.3. The number of hydrogen-bond acceptors (Lipinski definition) is 5. The highest BCUT2D eigenvalue weighted by Crippen LogP contribution is 2.27. The molecule has 0 aliphatic heterocycles. The van der Waals surface area contributed by atoms with Gasteiger partial charge in [-0.05, 0) is 44.6 Å². The van der Waals surface area contributed by atoms with Crippen LogP contribution in [0, 0.1) is 0 Å². The van der Waals surface area contributed by atoms with Crippen LogP contribution < -0.4 is 10.1 Å². The smallest absolute Gasteiger partial charge is 0.466 e. The van der Waals surface area contributed by atoms with Gasteiger partial charge in [0.15, 0.2) is 0 Å². The molecule has 0 saturated carbocycles. The van der Waals surface area contributed by atoms with E-state index in [0.717, 1.165) is 42.0 Å². The van der Waals surface area contributed by atoms with Crippen molar-refractivity contribution < 1.29 is 24.0 Å². The maximum atomic E-state index is 8.88. The van der Waals surface area contributed by atoms with E-state index in [1.165, 1.54) is 32.2 Å². The fourth-order valence-electron chi connectivity index (χ4n) is 2.99. The van der Waals surface area contributed by atoms with Crippen molar-refractivity contribution in [1.82, 2.24) is 9.88 Å². The second-order valence-corrected chi connectivity index (χ2v) is 7.66. The molecule has 1 aromatic heterocycles. The third-order valence-corrected chi connectivity index (χ3v) is 4.53. The van der Waals surface area contributed by atoms with Crippen LogP contribution in [0.4, 0.5) is 5.69 Å². The van der Waals surface area contributed by atoms with Crippen molar-refractivity contribution in [3.63, 3.8) is 0 Å². The van der Waals surface area contributed by atoms with Crippen molar-refractivity contribution in [2.24, 2.45) is 0 Å². The molecule has 0 atom stereocenters. The van der Waals surface area contributed by atoms with Gasteiger partial charge in [0.1, 0.15) is 5.75 Å². The van der Waals surface area contributed by atoms with E-state index < -0.39 is 7.82 Å². The summed E-state index contributed by atoms with van der Waals surface area (Å²) >= 11 is 0. The molecule has 0 bridgehead atoms. The molecule has 164 valence electrons. The lowest BCUT2D eigenvalue weighted by Crippen LogP contribution is -2.23. The van der Waals surface area contributed by atoms with E-state index >= 15 is 0 Å². The zero-order chi connectivity index (χ0) is 21.7. The Bertz CT molecular complexity index is 757. The average Bonchev–Trinajstić information content (AvgIpc) is 2.68. The van der Waals surface area contributed by atoms with Crippen molar-refractivity contribution in [2.45, 2.75) is 39.5 Å². The molecule has 0 spiro atoms. The Kier molecular flexibility index (Phi) is 11.8. The molecule has 0 unspecified atom stereocenters. The predicted octanol–water partition coefficient (Wildman–Crippen LogP) is 3.63. The van der Waals surface area contributed by atoms with Crippen molar-refractivity contribution in [1.29, 1.82) is 0 Å². The first-order valence-corrected chi connectivity index (χ1v) is 11.5. The predicted molar refractivity (Wildman–Crippen MR) is 117 cm³/mol. The first-order chi connectivity index (χ1) is 13.8. The molecule has 0 radical (unpaired) electrons. The summed E-state index contributed by atoms with van der Waals surface area (Å²) in [4.78, 5) is 28.6. The Hall–Kier alpha value is -1.70. The number of anilines is 1. The van der Waals surface area contributed by atoms with Crippen LogP contribution in [0.15, 0.2) is 30.5 Å². The van der Waals surface area contributed by atoms with Crippen LogP contribution in [0.1, 0.15) is 39.5 Å².